The number of anilines is 1. The summed E-state index contributed by atoms with van der Waals surface area (Å²) in [5.41, 5.74) is 7.22. The quantitative estimate of drug-likeness (QED) is 0.241. The van der Waals surface area contributed by atoms with Gasteiger partial charge in [-0.25, -0.2) is 9.97 Å². The molecule has 0 saturated carbocycles. The number of pyridine rings is 1. The van der Waals surface area contributed by atoms with Gasteiger partial charge in [-0.2, -0.15) is 0 Å². The molecular weight excluding hydrogens is 511 g/mol. The molecule has 38 heavy (non-hydrogen) atoms. The van der Waals surface area contributed by atoms with Crippen molar-refractivity contribution >= 4 is 39.1 Å². The summed E-state index contributed by atoms with van der Waals surface area (Å²) in [6.07, 6.45) is 6.59. The molecule has 3 heterocycles. The normalized spacial score (nSPS) is 13.8. The summed E-state index contributed by atoms with van der Waals surface area (Å²) in [6, 6.07) is 3.26. The maximum atomic E-state index is 13.6. The first-order valence-corrected chi connectivity index (χ1v) is 19.0. The van der Waals surface area contributed by atoms with Crippen molar-refractivity contribution in [1.29, 1.82) is 0 Å². The topological polar surface area (TPSA) is 105 Å². The molecule has 0 unspecified atom stereocenters. The van der Waals surface area contributed by atoms with Gasteiger partial charge >= 0.3 is 0 Å². The second-order valence-corrected chi connectivity index (χ2v) is 23.2. The first-order valence-electron chi connectivity index (χ1n) is 13.1. The van der Waals surface area contributed by atoms with Crippen LogP contribution in [0.2, 0.25) is 36.3 Å². The molecule has 0 fully saturated rings. The van der Waals surface area contributed by atoms with Gasteiger partial charge in [0.25, 0.3) is 0 Å². The lowest BCUT2D eigenvalue weighted by Crippen LogP contribution is -2.51. The number of fused-ring (bicyclic) bond motifs is 1. The maximum Gasteiger partial charge on any atom is 0.213 e. The number of carbonyl (C=O) groups excluding carboxylic acids is 1. The van der Waals surface area contributed by atoms with Crippen LogP contribution in [0.15, 0.2) is 37.1 Å². The van der Waals surface area contributed by atoms with E-state index < -0.39 is 22.2 Å². The van der Waals surface area contributed by atoms with Crippen LogP contribution in [-0.2, 0) is 14.4 Å². The smallest absolute Gasteiger partial charge is 0.213 e. The predicted octanol–water partition coefficient (Wildman–Crippen LogP) is 6.40. The Bertz CT molecular complexity index is 1280. The van der Waals surface area contributed by atoms with E-state index >= 15 is 0 Å². The van der Waals surface area contributed by atoms with Crippen LogP contribution >= 0.6 is 0 Å². The van der Waals surface area contributed by atoms with Crippen molar-refractivity contribution in [3.05, 3.63) is 48.3 Å². The Morgan fingerprint density at radius 1 is 0.947 bits per heavy atom. The molecule has 0 bridgehead atoms. The SMILES string of the molecule is CC(CO[Si](C)(C)C(C)(C)C)(CO[Si](C)(C)C(C)(C)C)n1cc(C(=O)c2cc(N)ccn2)c2cncnc21. The fourth-order valence-corrected chi connectivity index (χ4v) is 5.76. The van der Waals surface area contributed by atoms with Crippen LogP contribution in [0, 0.1) is 0 Å². The van der Waals surface area contributed by atoms with Crippen molar-refractivity contribution in [2.45, 2.75) is 90.3 Å². The minimum absolute atomic E-state index is 0.0508. The number of nitrogen functional groups attached to an aromatic ring is 1. The van der Waals surface area contributed by atoms with E-state index in [2.05, 4.69) is 89.6 Å². The van der Waals surface area contributed by atoms with Gasteiger partial charge in [-0.3, -0.25) is 9.78 Å². The lowest BCUT2D eigenvalue weighted by atomic mass is 10.1. The summed E-state index contributed by atoms with van der Waals surface area (Å²) < 4.78 is 15.6. The highest BCUT2D eigenvalue weighted by Crippen LogP contribution is 2.40. The lowest BCUT2D eigenvalue weighted by molar-refractivity contribution is 0.0895. The van der Waals surface area contributed by atoms with Crippen molar-refractivity contribution in [3.8, 4) is 0 Å². The van der Waals surface area contributed by atoms with Crippen molar-refractivity contribution in [2.24, 2.45) is 0 Å². The van der Waals surface area contributed by atoms with E-state index in [0.717, 1.165) is 0 Å². The fourth-order valence-electron chi connectivity index (χ4n) is 3.55. The fraction of sp³-hybridized carbons (Fsp3) is 0.571. The maximum absolute atomic E-state index is 13.6. The van der Waals surface area contributed by atoms with Crippen LogP contribution in [0.4, 0.5) is 5.69 Å². The third-order valence-corrected chi connectivity index (χ3v) is 17.4. The van der Waals surface area contributed by atoms with Gasteiger partial charge in [0.05, 0.1) is 24.3 Å². The molecule has 3 aromatic rings. The Morgan fingerprint density at radius 3 is 2.00 bits per heavy atom. The van der Waals surface area contributed by atoms with E-state index in [1.165, 1.54) is 6.33 Å². The number of hydrogen-bond donors (Lipinski definition) is 1. The van der Waals surface area contributed by atoms with Gasteiger partial charge in [0.15, 0.2) is 16.6 Å². The van der Waals surface area contributed by atoms with E-state index in [-0.39, 0.29) is 21.6 Å². The van der Waals surface area contributed by atoms with Gasteiger partial charge in [0.1, 0.15) is 17.7 Å². The molecule has 0 radical (unpaired) electrons. The van der Waals surface area contributed by atoms with Crippen molar-refractivity contribution in [3.63, 3.8) is 0 Å². The van der Waals surface area contributed by atoms with Gasteiger partial charge in [-0.05, 0) is 55.3 Å². The Labute approximate surface area is 229 Å². The van der Waals surface area contributed by atoms with Gasteiger partial charge in [0, 0.05) is 29.7 Å². The average molecular weight is 556 g/mol. The summed E-state index contributed by atoms with van der Waals surface area (Å²) >= 11 is 0. The largest absolute Gasteiger partial charge is 0.414 e. The zero-order chi connectivity index (χ0) is 28.7. The average Bonchev–Trinajstić information content (AvgIpc) is 3.20. The first kappa shape index (κ1) is 30.1. The van der Waals surface area contributed by atoms with E-state index in [1.807, 2.05) is 10.8 Å². The third kappa shape index (κ3) is 6.08. The van der Waals surface area contributed by atoms with Crippen molar-refractivity contribution < 1.29 is 13.6 Å². The molecule has 0 aliphatic rings. The predicted molar refractivity (Wildman–Crippen MR) is 160 cm³/mol. The summed E-state index contributed by atoms with van der Waals surface area (Å²) in [5.74, 6) is -0.228. The van der Waals surface area contributed by atoms with Crippen LogP contribution in [0.25, 0.3) is 11.0 Å². The minimum Gasteiger partial charge on any atom is -0.414 e. The van der Waals surface area contributed by atoms with Crippen LogP contribution in [0.3, 0.4) is 0 Å². The van der Waals surface area contributed by atoms with Gasteiger partial charge in [0.2, 0.25) is 5.78 Å². The highest BCUT2D eigenvalue weighted by atomic mass is 28.4. The molecule has 208 valence electrons. The standard InChI is InChI=1S/C28H45N5O3Si2/c1-26(2,3)37(8,9)35-17-28(7,18-36-38(10,11)27(4,5)6)33-16-22(21-15-30-19-32-25(21)33)24(34)23-14-20(29)12-13-31-23/h12-16,19H,17-18H2,1-11H3,(H2,29,31). The zero-order valence-electron chi connectivity index (χ0n) is 25.0. The molecule has 3 aromatic heterocycles. The number of nitrogens with two attached hydrogens (primary N) is 1. The first-order chi connectivity index (χ1) is 17.3. The molecule has 0 aliphatic heterocycles. The summed E-state index contributed by atoms with van der Waals surface area (Å²) in [7, 11) is -4.16. The van der Waals surface area contributed by atoms with E-state index in [4.69, 9.17) is 14.6 Å². The second kappa shape index (κ2) is 10.3. The lowest BCUT2D eigenvalue weighted by Gasteiger charge is -2.43. The molecule has 8 nitrogen and oxygen atoms in total. The third-order valence-electron chi connectivity index (χ3n) is 8.41. The highest BCUT2D eigenvalue weighted by molar-refractivity contribution is 6.74. The summed E-state index contributed by atoms with van der Waals surface area (Å²) in [4.78, 5) is 26.7. The molecule has 0 aromatic carbocycles. The van der Waals surface area contributed by atoms with Gasteiger partial charge in [-0.15, -0.1) is 0 Å². The number of hydrogen-bond acceptors (Lipinski definition) is 7. The number of nitrogens with zero attached hydrogens (tertiary/aromatic N) is 4. The minimum atomic E-state index is -2.08. The molecule has 2 N–H and O–H groups in total. The molecule has 10 heteroatoms. The summed E-state index contributed by atoms with van der Waals surface area (Å²) in [5, 5.41) is 0.761. The van der Waals surface area contributed by atoms with Gasteiger partial charge < -0.3 is 19.2 Å². The van der Waals surface area contributed by atoms with Crippen LogP contribution in [0.5, 0.6) is 0 Å². The van der Waals surface area contributed by atoms with E-state index in [0.29, 0.717) is 35.5 Å². The molecule has 0 saturated heterocycles. The molecule has 3 rings (SSSR count). The number of carbonyl (C=O) groups is 1. The molecule has 0 spiro atoms. The Morgan fingerprint density at radius 2 is 1.50 bits per heavy atom. The Kier molecular flexibility index (Phi) is 8.16. The van der Waals surface area contributed by atoms with Crippen LogP contribution in [-0.4, -0.2) is 55.2 Å². The summed E-state index contributed by atoms with van der Waals surface area (Å²) in [6.45, 7) is 25.4. The molecule has 0 aliphatic carbocycles. The number of ketones is 1. The van der Waals surface area contributed by atoms with Crippen molar-refractivity contribution in [2.75, 3.05) is 18.9 Å². The zero-order valence-corrected chi connectivity index (χ0v) is 27.0. The van der Waals surface area contributed by atoms with Gasteiger partial charge in [-0.1, -0.05) is 41.5 Å². The van der Waals surface area contributed by atoms with Crippen LogP contribution in [0.1, 0.15) is 64.5 Å². The number of aromatic nitrogens is 4. The second-order valence-electron chi connectivity index (χ2n) is 13.6. The Hall–Kier alpha value is -2.41. The van der Waals surface area contributed by atoms with Crippen molar-refractivity contribution in [1.82, 2.24) is 19.5 Å². The van der Waals surface area contributed by atoms with E-state index in [1.54, 1.807) is 24.5 Å². The molecule has 0 amide bonds. The monoisotopic (exact) mass is 555 g/mol. The Balaban J connectivity index is 2.14. The molecular formula is C28H45N5O3Si2. The van der Waals surface area contributed by atoms with E-state index in [9.17, 15) is 4.79 Å². The number of rotatable bonds is 9. The van der Waals surface area contributed by atoms with Crippen LogP contribution < -0.4 is 5.73 Å². The highest BCUT2D eigenvalue weighted by Gasteiger charge is 2.43. The molecule has 0 atom stereocenters.